The molecule has 9 heteroatoms. The van der Waals surface area contributed by atoms with Crippen molar-refractivity contribution in [1.82, 2.24) is 9.80 Å². The number of hydrogen-bond donors (Lipinski definition) is 0. The van der Waals surface area contributed by atoms with Gasteiger partial charge in [-0.05, 0) is 45.9 Å². The van der Waals surface area contributed by atoms with Crippen molar-refractivity contribution in [3.8, 4) is 5.75 Å². The summed E-state index contributed by atoms with van der Waals surface area (Å²) >= 11 is 3.35. The fourth-order valence-electron chi connectivity index (χ4n) is 2.98. The van der Waals surface area contributed by atoms with Gasteiger partial charge in [-0.15, -0.1) is 0 Å². The quantitative estimate of drug-likeness (QED) is 0.636. The molecule has 0 aromatic heterocycles. The van der Waals surface area contributed by atoms with E-state index in [-0.39, 0.29) is 17.9 Å². The van der Waals surface area contributed by atoms with Gasteiger partial charge in [0.2, 0.25) is 0 Å². The van der Waals surface area contributed by atoms with Crippen molar-refractivity contribution in [2.24, 2.45) is 0 Å². The highest BCUT2D eigenvalue weighted by molar-refractivity contribution is 9.10. The maximum absolute atomic E-state index is 12.5. The van der Waals surface area contributed by atoms with Gasteiger partial charge in [0.05, 0.1) is 0 Å². The summed E-state index contributed by atoms with van der Waals surface area (Å²) in [6, 6.07) is 4.87. The zero-order chi connectivity index (χ0) is 21.1. The van der Waals surface area contributed by atoms with Gasteiger partial charge in [-0.1, -0.05) is 15.9 Å². The van der Waals surface area contributed by atoms with Crippen LogP contribution < -0.4 is 4.74 Å². The highest BCUT2D eigenvalue weighted by Crippen LogP contribution is 2.27. The zero-order valence-corrected chi connectivity index (χ0v) is 18.1. The molecule has 1 atom stereocenters. The molecule has 1 aromatic rings. The van der Waals surface area contributed by atoms with Crippen LogP contribution in [0.15, 0.2) is 22.7 Å². The number of carbonyl (C=O) groups excluding carboxylic acids is 1. The summed E-state index contributed by atoms with van der Waals surface area (Å²) in [4.78, 5) is 16.1. The van der Waals surface area contributed by atoms with Crippen LogP contribution in [0, 0.1) is 0 Å². The Morgan fingerprint density at radius 1 is 1.25 bits per heavy atom. The lowest BCUT2D eigenvalue weighted by Gasteiger charge is -2.40. The van der Waals surface area contributed by atoms with Crippen LogP contribution in [0.4, 0.5) is 18.0 Å². The number of hydrogen-bond acceptors (Lipinski definition) is 4. The highest BCUT2D eigenvalue weighted by atomic mass is 79.9. The molecule has 0 aliphatic carbocycles. The van der Waals surface area contributed by atoms with Crippen LogP contribution in [0.5, 0.6) is 5.75 Å². The summed E-state index contributed by atoms with van der Waals surface area (Å²) in [6.07, 6.45) is -4.74. The predicted octanol–water partition coefficient (Wildman–Crippen LogP) is 4.83. The molecule has 1 aliphatic rings. The molecule has 0 unspecified atom stereocenters. The third kappa shape index (κ3) is 7.16. The molecule has 1 fully saturated rings. The molecule has 1 aromatic carbocycles. The van der Waals surface area contributed by atoms with E-state index >= 15 is 0 Å². The second-order valence-electron chi connectivity index (χ2n) is 7.91. The molecular formula is C19H26BrF3N2O3. The molecule has 0 spiro atoms. The molecule has 0 bridgehead atoms. The molecule has 28 heavy (non-hydrogen) atoms. The number of ether oxygens (including phenoxy) is 2. The first kappa shape index (κ1) is 22.8. The summed E-state index contributed by atoms with van der Waals surface area (Å²) in [5.41, 5.74) is 0.103. The molecule has 0 N–H and O–H groups in total. The van der Waals surface area contributed by atoms with Gasteiger partial charge in [0.1, 0.15) is 11.4 Å². The summed E-state index contributed by atoms with van der Waals surface area (Å²) in [5.74, 6) is 0.211. The average Bonchev–Trinajstić information content (AvgIpc) is 2.51. The summed E-state index contributed by atoms with van der Waals surface area (Å²) in [5, 5.41) is 0. The van der Waals surface area contributed by atoms with Gasteiger partial charge in [0.15, 0.2) is 6.61 Å². The molecule has 158 valence electrons. The van der Waals surface area contributed by atoms with Crippen LogP contribution in [0.25, 0.3) is 0 Å². The number of rotatable bonds is 4. The van der Waals surface area contributed by atoms with Crippen molar-refractivity contribution < 1.29 is 27.4 Å². The van der Waals surface area contributed by atoms with Gasteiger partial charge in [-0.3, -0.25) is 4.90 Å². The average molecular weight is 467 g/mol. The standard InChI is InChI=1S/C19H26BrF3N2O3/c1-13-10-24(7-8-25(13)17(26)28-18(2,3)4)11-14-9-15(20)5-6-16(14)27-12-19(21,22)23/h5-6,9,13H,7-8,10-12H2,1-4H3/t13-/m1/s1. The highest BCUT2D eigenvalue weighted by Gasteiger charge is 2.32. The van der Waals surface area contributed by atoms with E-state index in [9.17, 15) is 18.0 Å². The lowest BCUT2D eigenvalue weighted by molar-refractivity contribution is -0.153. The maximum Gasteiger partial charge on any atom is 0.422 e. The first-order chi connectivity index (χ1) is 12.8. The van der Waals surface area contributed by atoms with Crippen LogP contribution in [0.1, 0.15) is 33.3 Å². The number of nitrogens with zero attached hydrogens (tertiary/aromatic N) is 2. The van der Waals surface area contributed by atoms with E-state index in [4.69, 9.17) is 9.47 Å². The Bertz CT molecular complexity index is 692. The number of alkyl halides is 3. The second kappa shape index (κ2) is 8.90. The Labute approximate surface area is 171 Å². The zero-order valence-electron chi connectivity index (χ0n) is 16.5. The van der Waals surface area contributed by atoms with Crippen LogP contribution in [0.2, 0.25) is 0 Å². The number of halogens is 4. The van der Waals surface area contributed by atoms with E-state index in [2.05, 4.69) is 20.8 Å². The van der Waals surface area contributed by atoms with Crippen LogP contribution >= 0.6 is 15.9 Å². The van der Waals surface area contributed by atoms with Gasteiger partial charge in [0, 0.05) is 42.3 Å². The number of piperazine rings is 1. The Kier molecular flexibility index (Phi) is 7.25. The van der Waals surface area contributed by atoms with Gasteiger partial charge >= 0.3 is 12.3 Å². The minimum absolute atomic E-state index is 0.0738. The van der Waals surface area contributed by atoms with Gasteiger partial charge in [-0.25, -0.2) is 4.79 Å². The van der Waals surface area contributed by atoms with Gasteiger partial charge in [0.25, 0.3) is 0 Å². The number of carbonyl (C=O) groups is 1. The molecule has 1 saturated heterocycles. The summed E-state index contributed by atoms with van der Waals surface area (Å²) in [6.45, 7) is 8.16. The monoisotopic (exact) mass is 466 g/mol. The van der Waals surface area contributed by atoms with Crippen LogP contribution in [-0.4, -0.2) is 60.0 Å². The van der Waals surface area contributed by atoms with Crippen molar-refractivity contribution in [1.29, 1.82) is 0 Å². The minimum Gasteiger partial charge on any atom is -0.484 e. The topological polar surface area (TPSA) is 42.0 Å². The molecule has 2 rings (SSSR count). The van der Waals surface area contributed by atoms with Crippen molar-refractivity contribution in [2.75, 3.05) is 26.2 Å². The lowest BCUT2D eigenvalue weighted by atomic mass is 10.1. The molecule has 1 heterocycles. The van der Waals surface area contributed by atoms with Crippen LogP contribution in [0.3, 0.4) is 0 Å². The molecule has 0 saturated carbocycles. The predicted molar refractivity (Wildman–Crippen MR) is 103 cm³/mol. The smallest absolute Gasteiger partial charge is 0.422 e. The molecule has 1 aliphatic heterocycles. The first-order valence-corrected chi connectivity index (χ1v) is 9.83. The van der Waals surface area contributed by atoms with Crippen molar-refractivity contribution >= 4 is 22.0 Å². The molecular weight excluding hydrogens is 441 g/mol. The fraction of sp³-hybridized carbons (Fsp3) is 0.632. The van der Waals surface area contributed by atoms with E-state index in [1.54, 1.807) is 17.0 Å². The Morgan fingerprint density at radius 2 is 1.93 bits per heavy atom. The molecule has 0 radical (unpaired) electrons. The van der Waals surface area contributed by atoms with Gasteiger partial charge < -0.3 is 14.4 Å². The van der Waals surface area contributed by atoms with E-state index in [1.165, 1.54) is 6.07 Å². The third-order valence-electron chi connectivity index (χ3n) is 4.15. The normalized spacial score (nSPS) is 18.9. The maximum atomic E-state index is 12.5. The molecule has 5 nitrogen and oxygen atoms in total. The SMILES string of the molecule is C[C@@H]1CN(Cc2cc(Br)ccc2OCC(F)(F)F)CCN1C(=O)OC(C)(C)C. The second-order valence-corrected chi connectivity index (χ2v) is 8.83. The molecule has 1 amide bonds. The summed E-state index contributed by atoms with van der Waals surface area (Å²) in [7, 11) is 0. The lowest BCUT2D eigenvalue weighted by Crippen LogP contribution is -2.54. The Hall–Kier alpha value is -1.48. The first-order valence-electron chi connectivity index (χ1n) is 9.04. The Balaban J connectivity index is 2.02. The fourth-order valence-corrected chi connectivity index (χ4v) is 3.39. The van der Waals surface area contributed by atoms with Gasteiger partial charge in [-0.2, -0.15) is 13.2 Å². The van der Waals surface area contributed by atoms with E-state index < -0.39 is 18.4 Å². The number of amides is 1. The minimum atomic E-state index is -4.39. The largest absolute Gasteiger partial charge is 0.484 e. The van der Waals surface area contributed by atoms with Crippen molar-refractivity contribution in [3.05, 3.63) is 28.2 Å². The number of benzene rings is 1. The third-order valence-corrected chi connectivity index (χ3v) is 4.64. The Morgan fingerprint density at radius 3 is 2.50 bits per heavy atom. The van der Waals surface area contributed by atoms with E-state index in [1.807, 2.05) is 27.7 Å². The van der Waals surface area contributed by atoms with Crippen molar-refractivity contribution in [2.45, 2.75) is 52.1 Å². The van der Waals surface area contributed by atoms with E-state index in [0.29, 0.717) is 31.7 Å². The van der Waals surface area contributed by atoms with Crippen LogP contribution in [-0.2, 0) is 11.3 Å². The summed E-state index contributed by atoms with van der Waals surface area (Å²) < 4.78 is 48.7. The van der Waals surface area contributed by atoms with E-state index in [0.717, 1.165) is 4.47 Å². The van der Waals surface area contributed by atoms with Crippen molar-refractivity contribution in [3.63, 3.8) is 0 Å².